The minimum Gasteiger partial charge on any atom is -0.462 e. The van der Waals surface area contributed by atoms with Gasteiger partial charge in [-0.25, -0.2) is 0 Å². The van der Waals surface area contributed by atoms with E-state index in [0.717, 1.165) is 36.9 Å². The minimum absolute atomic E-state index is 0.488. The zero-order chi connectivity index (χ0) is 21.6. The molecule has 1 heterocycles. The SMILES string of the molecule is CCC/C=C(/CCN(C)C)c1cc(OC2O[C@H](CO)[C@@H](O)[C@H](O)[C@H]2O)ccc1C. The number of rotatable bonds is 9. The van der Waals surface area contributed by atoms with Crippen molar-refractivity contribution < 1.29 is 29.9 Å². The zero-order valence-electron chi connectivity index (χ0n) is 17.8. The number of aliphatic hydroxyl groups is 4. The van der Waals surface area contributed by atoms with Crippen molar-refractivity contribution in [3.05, 3.63) is 35.4 Å². The van der Waals surface area contributed by atoms with Gasteiger partial charge in [0.05, 0.1) is 6.61 Å². The Bertz CT molecular complexity index is 675. The van der Waals surface area contributed by atoms with Crippen LogP contribution in [0.1, 0.15) is 37.3 Å². The Labute approximate surface area is 173 Å². The molecule has 1 saturated heterocycles. The van der Waals surface area contributed by atoms with Crippen molar-refractivity contribution in [1.29, 1.82) is 0 Å². The number of benzene rings is 1. The molecule has 1 aromatic rings. The monoisotopic (exact) mass is 409 g/mol. The van der Waals surface area contributed by atoms with Crippen molar-refractivity contribution in [2.75, 3.05) is 27.2 Å². The summed E-state index contributed by atoms with van der Waals surface area (Å²) < 4.78 is 11.3. The number of unbranched alkanes of at least 4 members (excludes halogenated alkanes) is 1. The van der Waals surface area contributed by atoms with E-state index in [9.17, 15) is 20.4 Å². The van der Waals surface area contributed by atoms with Crippen LogP contribution in [0.15, 0.2) is 24.3 Å². The van der Waals surface area contributed by atoms with Crippen LogP contribution in [0.25, 0.3) is 5.57 Å². The molecule has 5 atom stereocenters. The maximum absolute atomic E-state index is 10.2. The lowest BCUT2D eigenvalue weighted by Crippen LogP contribution is -2.60. The fraction of sp³-hybridized carbons (Fsp3) is 0.636. The van der Waals surface area contributed by atoms with Gasteiger partial charge in [-0.2, -0.15) is 0 Å². The molecule has 1 unspecified atom stereocenters. The molecular weight excluding hydrogens is 374 g/mol. The second-order valence-corrected chi connectivity index (χ2v) is 7.86. The first-order valence-electron chi connectivity index (χ1n) is 10.2. The summed E-state index contributed by atoms with van der Waals surface area (Å²) >= 11 is 0. The van der Waals surface area contributed by atoms with Crippen LogP contribution in [0.5, 0.6) is 5.75 Å². The summed E-state index contributed by atoms with van der Waals surface area (Å²) in [5.41, 5.74) is 3.42. The maximum Gasteiger partial charge on any atom is 0.229 e. The lowest BCUT2D eigenvalue weighted by atomic mass is 9.96. The summed E-state index contributed by atoms with van der Waals surface area (Å²) in [6, 6.07) is 5.64. The molecule has 0 amide bonds. The van der Waals surface area contributed by atoms with E-state index < -0.39 is 37.3 Å². The molecule has 2 rings (SSSR count). The summed E-state index contributed by atoms with van der Waals surface area (Å²) in [4.78, 5) is 2.14. The molecule has 0 saturated carbocycles. The highest BCUT2D eigenvalue weighted by molar-refractivity contribution is 5.69. The Kier molecular flexibility index (Phi) is 9.07. The van der Waals surface area contributed by atoms with Crippen molar-refractivity contribution in [3.8, 4) is 5.75 Å². The van der Waals surface area contributed by atoms with Crippen LogP contribution in [0.2, 0.25) is 0 Å². The van der Waals surface area contributed by atoms with Crippen LogP contribution in [0.4, 0.5) is 0 Å². The zero-order valence-corrected chi connectivity index (χ0v) is 17.8. The Hall–Kier alpha value is -1.48. The van der Waals surface area contributed by atoms with E-state index in [0.29, 0.717) is 5.75 Å². The minimum atomic E-state index is -1.46. The van der Waals surface area contributed by atoms with Gasteiger partial charge in [0.25, 0.3) is 0 Å². The van der Waals surface area contributed by atoms with Gasteiger partial charge in [-0.1, -0.05) is 25.5 Å². The molecule has 1 aliphatic rings. The van der Waals surface area contributed by atoms with Crippen molar-refractivity contribution in [2.45, 2.75) is 63.8 Å². The van der Waals surface area contributed by atoms with Gasteiger partial charge in [0, 0.05) is 6.54 Å². The van der Waals surface area contributed by atoms with Crippen LogP contribution < -0.4 is 4.74 Å². The third kappa shape index (κ3) is 6.25. The van der Waals surface area contributed by atoms with Gasteiger partial charge in [-0.05, 0) is 62.7 Å². The molecule has 7 heteroatoms. The summed E-state index contributed by atoms with van der Waals surface area (Å²) in [6.07, 6.45) is -1.28. The lowest BCUT2D eigenvalue weighted by Gasteiger charge is -2.39. The number of aliphatic hydroxyl groups excluding tert-OH is 4. The molecule has 164 valence electrons. The Morgan fingerprint density at radius 2 is 1.90 bits per heavy atom. The third-order valence-corrected chi connectivity index (χ3v) is 5.16. The van der Waals surface area contributed by atoms with Gasteiger partial charge < -0.3 is 34.8 Å². The van der Waals surface area contributed by atoms with Crippen LogP contribution >= 0.6 is 0 Å². The fourth-order valence-corrected chi connectivity index (χ4v) is 3.33. The van der Waals surface area contributed by atoms with Crippen molar-refractivity contribution in [3.63, 3.8) is 0 Å². The number of hydrogen-bond acceptors (Lipinski definition) is 7. The van der Waals surface area contributed by atoms with E-state index >= 15 is 0 Å². The Morgan fingerprint density at radius 3 is 2.52 bits per heavy atom. The molecular formula is C22H35NO6. The molecule has 0 aromatic heterocycles. The van der Waals surface area contributed by atoms with Gasteiger partial charge in [0.1, 0.15) is 30.2 Å². The van der Waals surface area contributed by atoms with Gasteiger partial charge in [0.2, 0.25) is 6.29 Å². The van der Waals surface area contributed by atoms with E-state index in [1.54, 1.807) is 6.07 Å². The first-order valence-corrected chi connectivity index (χ1v) is 10.2. The average molecular weight is 410 g/mol. The number of allylic oxidation sites excluding steroid dienone is 1. The van der Waals surface area contributed by atoms with Crippen LogP contribution in [-0.4, -0.2) is 83.3 Å². The molecule has 4 N–H and O–H groups in total. The predicted octanol–water partition coefficient (Wildman–Crippen LogP) is 1.31. The highest BCUT2D eigenvalue weighted by Crippen LogP contribution is 2.30. The summed E-state index contributed by atoms with van der Waals surface area (Å²) in [6.45, 7) is 4.62. The molecule has 0 spiro atoms. The molecule has 1 aliphatic heterocycles. The Morgan fingerprint density at radius 1 is 1.17 bits per heavy atom. The van der Waals surface area contributed by atoms with Crippen LogP contribution in [0, 0.1) is 6.92 Å². The smallest absolute Gasteiger partial charge is 0.229 e. The van der Waals surface area contributed by atoms with Gasteiger partial charge in [-0.3, -0.25) is 0 Å². The predicted molar refractivity (Wildman–Crippen MR) is 112 cm³/mol. The maximum atomic E-state index is 10.2. The number of aryl methyl sites for hydroxylation is 1. The van der Waals surface area contributed by atoms with Crippen LogP contribution in [0.3, 0.4) is 0 Å². The van der Waals surface area contributed by atoms with Crippen molar-refractivity contribution in [1.82, 2.24) is 4.90 Å². The first-order chi connectivity index (χ1) is 13.8. The quantitative estimate of drug-likeness (QED) is 0.488. The topological polar surface area (TPSA) is 103 Å². The van der Waals surface area contributed by atoms with E-state index in [4.69, 9.17) is 9.47 Å². The average Bonchev–Trinajstić information content (AvgIpc) is 2.70. The van der Waals surface area contributed by atoms with Gasteiger partial charge in [0.15, 0.2) is 0 Å². The third-order valence-electron chi connectivity index (χ3n) is 5.16. The molecule has 1 aromatic carbocycles. The molecule has 0 radical (unpaired) electrons. The van der Waals surface area contributed by atoms with Crippen molar-refractivity contribution in [2.24, 2.45) is 0 Å². The Balaban J connectivity index is 2.24. The standard InChI is InChI=1S/C22H35NO6/c1-5-6-7-15(10-11-23(3)4)17-12-16(9-8-14(17)2)28-22-21(27)20(26)19(25)18(13-24)29-22/h7-9,12,18-22,24-27H,5-6,10-11,13H2,1-4H3/b15-7-/t18-,19-,20+,21-,22?/m1/s1. The second kappa shape index (κ2) is 11.1. The lowest BCUT2D eigenvalue weighted by molar-refractivity contribution is -0.277. The first kappa shape index (κ1) is 23.8. The molecule has 7 nitrogen and oxygen atoms in total. The largest absolute Gasteiger partial charge is 0.462 e. The molecule has 0 aliphatic carbocycles. The van der Waals surface area contributed by atoms with Gasteiger partial charge >= 0.3 is 0 Å². The summed E-state index contributed by atoms with van der Waals surface area (Å²) in [5.74, 6) is 0.488. The second-order valence-electron chi connectivity index (χ2n) is 7.86. The highest BCUT2D eigenvalue weighted by Gasteiger charge is 2.44. The van der Waals surface area contributed by atoms with E-state index in [2.05, 4.69) is 17.9 Å². The van der Waals surface area contributed by atoms with Crippen LogP contribution in [-0.2, 0) is 4.74 Å². The van der Waals surface area contributed by atoms with Crippen molar-refractivity contribution >= 4 is 5.57 Å². The highest BCUT2D eigenvalue weighted by atomic mass is 16.7. The van der Waals surface area contributed by atoms with Gasteiger partial charge in [-0.15, -0.1) is 0 Å². The number of nitrogens with zero attached hydrogens (tertiary/aromatic N) is 1. The number of ether oxygens (including phenoxy) is 2. The van der Waals surface area contributed by atoms with E-state index in [1.807, 2.05) is 33.2 Å². The summed E-state index contributed by atoms with van der Waals surface area (Å²) in [5, 5.41) is 39.4. The summed E-state index contributed by atoms with van der Waals surface area (Å²) in [7, 11) is 4.09. The van der Waals surface area contributed by atoms with E-state index in [-0.39, 0.29) is 0 Å². The normalized spacial score (nSPS) is 28.0. The molecule has 0 bridgehead atoms. The molecule has 1 fully saturated rings. The van der Waals surface area contributed by atoms with E-state index in [1.165, 1.54) is 5.57 Å². The number of hydrogen-bond donors (Lipinski definition) is 4. The fourth-order valence-electron chi connectivity index (χ4n) is 3.33. The molecule has 29 heavy (non-hydrogen) atoms.